The summed E-state index contributed by atoms with van der Waals surface area (Å²) in [6.07, 6.45) is 10.3. The minimum Gasteiger partial charge on any atom is -0.617 e. The summed E-state index contributed by atoms with van der Waals surface area (Å²) >= 11 is -0.611. The SMILES string of the molecule is CCCCCCC.C[S+](C)[O-]. The second kappa shape index (κ2) is 12.9. The van der Waals surface area contributed by atoms with Crippen molar-refractivity contribution in [2.24, 2.45) is 0 Å². The molecule has 0 N–H and O–H groups in total. The predicted molar refractivity (Wildman–Crippen MR) is 54.4 cm³/mol. The largest absolute Gasteiger partial charge is 0.617 e. The quantitative estimate of drug-likeness (QED) is 0.479. The highest BCUT2D eigenvalue weighted by atomic mass is 32.2. The van der Waals surface area contributed by atoms with E-state index in [9.17, 15) is 4.55 Å². The zero-order chi connectivity index (χ0) is 9.11. The van der Waals surface area contributed by atoms with E-state index in [4.69, 9.17) is 0 Å². The number of hydrogen-bond acceptors (Lipinski definition) is 1. The van der Waals surface area contributed by atoms with Gasteiger partial charge < -0.3 is 4.55 Å². The summed E-state index contributed by atoms with van der Waals surface area (Å²) < 4.78 is 9.56. The third kappa shape index (κ3) is 38.3. The summed E-state index contributed by atoms with van der Waals surface area (Å²) in [4.78, 5) is 0. The van der Waals surface area contributed by atoms with Crippen LogP contribution in [0.5, 0.6) is 0 Å². The van der Waals surface area contributed by atoms with Crippen LogP contribution in [-0.4, -0.2) is 17.1 Å². The first kappa shape index (κ1) is 13.9. The van der Waals surface area contributed by atoms with Gasteiger partial charge in [0.1, 0.15) is 0 Å². The number of hydrogen-bond donors (Lipinski definition) is 0. The first-order valence-electron chi connectivity index (χ1n) is 4.40. The van der Waals surface area contributed by atoms with Crippen molar-refractivity contribution in [3.05, 3.63) is 0 Å². The maximum Gasteiger partial charge on any atom is 0.0946 e. The van der Waals surface area contributed by atoms with Crippen molar-refractivity contribution in [3.8, 4) is 0 Å². The summed E-state index contributed by atoms with van der Waals surface area (Å²) in [7, 11) is 0. The highest BCUT2D eigenvalue weighted by Crippen LogP contribution is 2.00. The minimum atomic E-state index is -0.611. The Morgan fingerprint density at radius 1 is 0.909 bits per heavy atom. The lowest BCUT2D eigenvalue weighted by Gasteiger charge is -1.90. The summed E-state index contributed by atoms with van der Waals surface area (Å²) in [5, 5.41) is 0. The highest BCUT2D eigenvalue weighted by molar-refractivity contribution is 7.89. The van der Waals surface area contributed by atoms with Crippen molar-refractivity contribution in [1.29, 1.82) is 0 Å². The lowest BCUT2D eigenvalue weighted by Crippen LogP contribution is -1.86. The third-order valence-electron chi connectivity index (χ3n) is 1.21. The second-order valence-corrected chi connectivity index (χ2v) is 4.29. The summed E-state index contributed by atoms with van der Waals surface area (Å²) in [5.74, 6) is 0. The minimum absolute atomic E-state index is 0.611. The van der Waals surface area contributed by atoms with Crippen molar-refractivity contribution < 1.29 is 4.55 Å². The molecular weight excluding hydrogens is 156 g/mol. The van der Waals surface area contributed by atoms with Gasteiger partial charge in [0.15, 0.2) is 0 Å². The fourth-order valence-corrected chi connectivity index (χ4v) is 0.677. The molecule has 0 aliphatic heterocycles. The van der Waals surface area contributed by atoms with Crippen LogP contribution in [-0.2, 0) is 11.2 Å². The molecule has 0 rings (SSSR count). The van der Waals surface area contributed by atoms with Crippen LogP contribution in [0.1, 0.15) is 46.0 Å². The van der Waals surface area contributed by atoms with Crippen LogP contribution in [0.2, 0.25) is 0 Å². The molecule has 0 spiro atoms. The van der Waals surface area contributed by atoms with E-state index in [-0.39, 0.29) is 0 Å². The molecule has 0 saturated carbocycles. The van der Waals surface area contributed by atoms with E-state index in [1.165, 1.54) is 32.1 Å². The van der Waals surface area contributed by atoms with Gasteiger partial charge in [0, 0.05) is 0 Å². The molecule has 0 aliphatic rings. The number of unbranched alkanes of at least 4 members (excludes halogenated alkanes) is 4. The van der Waals surface area contributed by atoms with Crippen LogP contribution < -0.4 is 0 Å². The van der Waals surface area contributed by atoms with E-state index < -0.39 is 11.2 Å². The maximum atomic E-state index is 9.56. The molecule has 0 unspecified atom stereocenters. The van der Waals surface area contributed by atoms with Crippen LogP contribution in [0.15, 0.2) is 0 Å². The molecule has 0 atom stereocenters. The second-order valence-electron chi connectivity index (χ2n) is 2.80. The van der Waals surface area contributed by atoms with Gasteiger partial charge >= 0.3 is 0 Å². The Bertz CT molecular complexity index is 48.8. The van der Waals surface area contributed by atoms with Gasteiger partial charge in [0.05, 0.1) is 12.5 Å². The van der Waals surface area contributed by atoms with E-state index >= 15 is 0 Å². The van der Waals surface area contributed by atoms with Gasteiger partial charge in [-0.3, -0.25) is 0 Å². The van der Waals surface area contributed by atoms with Crippen LogP contribution in [0.4, 0.5) is 0 Å². The van der Waals surface area contributed by atoms with Gasteiger partial charge in [-0.15, -0.1) is 0 Å². The fraction of sp³-hybridized carbons (Fsp3) is 1.00. The molecule has 70 valence electrons. The van der Waals surface area contributed by atoms with E-state index in [0.29, 0.717) is 0 Å². The van der Waals surface area contributed by atoms with Gasteiger partial charge in [0.2, 0.25) is 0 Å². The van der Waals surface area contributed by atoms with Crippen molar-refractivity contribution in [2.45, 2.75) is 46.0 Å². The zero-order valence-corrected chi connectivity index (χ0v) is 9.17. The average molecular weight is 178 g/mol. The van der Waals surface area contributed by atoms with Crippen LogP contribution in [0.25, 0.3) is 0 Å². The average Bonchev–Trinajstić information content (AvgIpc) is 1.88. The maximum absolute atomic E-state index is 9.56. The Kier molecular flexibility index (Phi) is 16.3. The summed E-state index contributed by atoms with van der Waals surface area (Å²) in [6, 6.07) is 0. The molecule has 0 amide bonds. The molecule has 1 nitrogen and oxygen atoms in total. The lowest BCUT2D eigenvalue weighted by molar-refractivity contribution is 0.606. The smallest absolute Gasteiger partial charge is 0.0946 e. The molecule has 0 heterocycles. The molecule has 11 heavy (non-hydrogen) atoms. The van der Waals surface area contributed by atoms with Crippen LogP contribution >= 0.6 is 0 Å². The predicted octanol–water partition coefficient (Wildman–Crippen LogP) is 2.97. The lowest BCUT2D eigenvalue weighted by atomic mass is 10.2. The first-order chi connectivity index (χ1) is 5.15. The van der Waals surface area contributed by atoms with Gasteiger partial charge in [-0.2, -0.15) is 0 Å². The zero-order valence-electron chi connectivity index (χ0n) is 8.35. The molecular formula is C9H22OS. The van der Waals surface area contributed by atoms with Crippen molar-refractivity contribution >= 4 is 11.2 Å². The standard InChI is InChI=1S/C7H16.C2H6OS/c1-3-5-7-6-4-2;1-4(2)3/h3-7H2,1-2H3;1-2H3. The van der Waals surface area contributed by atoms with Gasteiger partial charge in [-0.1, -0.05) is 57.1 Å². The Morgan fingerprint density at radius 2 is 1.18 bits per heavy atom. The van der Waals surface area contributed by atoms with Crippen molar-refractivity contribution in [2.75, 3.05) is 12.5 Å². The van der Waals surface area contributed by atoms with Crippen LogP contribution in [0, 0.1) is 0 Å². The summed E-state index contributed by atoms with van der Waals surface area (Å²) in [5.41, 5.74) is 0. The van der Waals surface area contributed by atoms with Crippen molar-refractivity contribution in [1.82, 2.24) is 0 Å². The molecule has 0 aromatic rings. The highest BCUT2D eigenvalue weighted by Gasteiger charge is 1.80. The van der Waals surface area contributed by atoms with E-state index in [2.05, 4.69) is 13.8 Å². The molecule has 0 aromatic carbocycles. The van der Waals surface area contributed by atoms with Gasteiger partial charge in [-0.25, -0.2) is 0 Å². The topological polar surface area (TPSA) is 23.1 Å². The molecule has 2 heteroatoms. The summed E-state index contributed by atoms with van der Waals surface area (Å²) in [6.45, 7) is 4.49. The van der Waals surface area contributed by atoms with E-state index in [1.807, 2.05) is 0 Å². The van der Waals surface area contributed by atoms with E-state index in [1.54, 1.807) is 12.5 Å². The molecule has 0 saturated heterocycles. The Labute approximate surface area is 74.8 Å². The third-order valence-corrected chi connectivity index (χ3v) is 1.21. The Hall–Kier alpha value is 0.310. The Balaban J connectivity index is 0. The fourth-order valence-electron chi connectivity index (χ4n) is 0.677. The molecule has 0 radical (unpaired) electrons. The van der Waals surface area contributed by atoms with Gasteiger partial charge in [0.25, 0.3) is 0 Å². The number of rotatable bonds is 4. The first-order valence-corrected chi connectivity index (χ1v) is 6.36. The van der Waals surface area contributed by atoms with Crippen LogP contribution in [0.3, 0.4) is 0 Å². The molecule has 0 fully saturated rings. The molecule has 0 bridgehead atoms. The Morgan fingerprint density at radius 3 is 1.36 bits per heavy atom. The normalized spacial score (nSPS) is 9.27. The molecule has 0 aliphatic carbocycles. The van der Waals surface area contributed by atoms with Gasteiger partial charge in [-0.05, 0) is 0 Å². The van der Waals surface area contributed by atoms with E-state index in [0.717, 1.165) is 0 Å². The monoisotopic (exact) mass is 178 g/mol. The van der Waals surface area contributed by atoms with Crippen molar-refractivity contribution in [3.63, 3.8) is 0 Å². The molecule has 0 aromatic heterocycles.